The molecule has 0 fully saturated rings. The molecule has 0 saturated carbocycles. The summed E-state index contributed by atoms with van der Waals surface area (Å²) in [6.07, 6.45) is 2.81. The molecule has 6 heteroatoms. The third kappa shape index (κ3) is 2.74. The minimum Gasteiger partial charge on any atom is -0.495 e. The van der Waals surface area contributed by atoms with Crippen molar-refractivity contribution in [2.45, 2.75) is 18.2 Å². The Hall–Kier alpha value is -1.53. The van der Waals surface area contributed by atoms with Crippen molar-refractivity contribution >= 4 is 15.7 Å². The topological polar surface area (TPSA) is 72.6 Å². The van der Waals surface area contributed by atoms with Gasteiger partial charge in [-0.05, 0) is 31.5 Å². The molecule has 1 aliphatic rings. The average molecular weight is 282 g/mol. The Kier molecular flexibility index (Phi) is 3.82. The van der Waals surface area contributed by atoms with Gasteiger partial charge in [-0.1, -0.05) is 11.6 Å². The number of hydrogen-bond acceptors (Lipinski definition) is 4. The Bertz CT molecular complexity index is 608. The van der Waals surface area contributed by atoms with Crippen LogP contribution in [0.25, 0.3) is 0 Å². The van der Waals surface area contributed by atoms with Gasteiger partial charge in [0.1, 0.15) is 5.75 Å². The third-order valence-corrected chi connectivity index (χ3v) is 4.98. The van der Waals surface area contributed by atoms with Gasteiger partial charge in [0, 0.05) is 13.1 Å². The number of benzene rings is 1. The molecule has 5 nitrogen and oxygen atoms in total. The standard InChI is InChI=1S/C13H18N2O3S/c1-10-4-3-7-15(9-10)19(16,17)11-5-6-13(18-2)12(14)8-11/h4-6,8H,3,7,9,14H2,1-2H3. The fraction of sp³-hybridized carbons (Fsp3) is 0.385. The van der Waals surface area contributed by atoms with Gasteiger partial charge in [-0.25, -0.2) is 8.42 Å². The predicted molar refractivity (Wildman–Crippen MR) is 74.5 cm³/mol. The highest BCUT2D eigenvalue weighted by Crippen LogP contribution is 2.27. The molecule has 2 N–H and O–H groups in total. The van der Waals surface area contributed by atoms with E-state index >= 15 is 0 Å². The van der Waals surface area contributed by atoms with E-state index in [0.717, 1.165) is 12.0 Å². The number of nitrogens with zero attached hydrogens (tertiary/aromatic N) is 1. The van der Waals surface area contributed by atoms with Crippen molar-refractivity contribution in [1.82, 2.24) is 4.31 Å². The van der Waals surface area contributed by atoms with Crippen molar-refractivity contribution in [2.24, 2.45) is 0 Å². The first kappa shape index (κ1) is 13.9. The van der Waals surface area contributed by atoms with Gasteiger partial charge in [0.15, 0.2) is 0 Å². The van der Waals surface area contributed by atoms with Crippen LogP contribution in [-0.4, -0.2) is 32.9 Å². The van der Waals surface area contributed by atoms with Crippen LogP contribution in [0.15, 0.2) is 34.7 Å². The zero-order valence-corrected chi connectivity index (χ0v) is 11.9. The summed E-state index contributed by atoms with van der Waals surface area (Å²) in [4.78, 5) is 0.209. The highest BCUT2D eigenvalue weighted by molar-refractivity contribution is 7.89. The van der Waals surface area contributed by atoms with Crippen molar-refractivity contribution < 1.29 is 13.2 Å². The van der Waals surface area contributed by atoms with E-state index < -0.39 is 10.0 Å². The molecule has 19 heavy (non-hydrogen) atoms. The Morgan fingerprint density at radius 2 is 2.11 bits per heavy atom. The highest BCUT2D eigenvalue weighted by atomic mass is 32.2. The van der Waals surface area contributed by atoms with Crippen molar-refractivity contribution in [3.63, 3.8) is 0 Å². The second-order valence-electron chi connectivity index (χ2n) is 4.58. The van der Waals surface area contributed by atoms with E-state index in [4.69, 9.17) is 10.5 Å². The lowest BCUT2D eigenvalue weighted by Crippen LogP contribution is -2.35. The molecule has 1 aromatic rings. The largest absolute Gasteiger partial charge is 0.495 e. The van der Waals surface area contributed by atoms with Crippen LogP contribution in [0.2, 0.25) is 0 Å². The fourth-order valence-corrected chi connectivity index (χ4v) is 3.64. The lowest BCUT2D eigenvalue weighted by Gasteiger charge is -2.25. The molecule has 0 aromatic heterocycles. The summed E-state index contributed by atoms with van der Waals surface area (Å²) in [6.45, 7) is 2.88. The predicted octanol–water partition coefficient (Wildman–Crippen LogP) is 1.62. The smallest absolute Gasteiger partial charge is 0.243 e. The van der Waals surface area contributed by atoms with Crippen LogP contribution in [0.5, 0.6) is 5.75 Å². The summed E-state index contributed by atoms with van der Waals surface area (Å²) >= 11 is 0. The van der Waals surface area contributed by atoms with Crippen molar-refractivity contribution in [1.29, 1.82) is 0 Å². The van der Waals surface area contributed by atoms with Crippen LogP contribution in [0, 0.1) is 0 Å². The van der Waals surface area contributed by atoms with E-state index in [9.17, 15) is 8.42 Å². The molecule has 0 amide bonds. The Labute approximate surface area is 113 Å². The molecule has 0 aliphatic carbocycles. The second-order valence-corrected chi connectivity index (χ2v) is 6.52. The van der Waals surface area contributed by atoms with E-state index in [1.54, 1.807) is 6.07 Å². The summed E-state index contributed by atoms with van der Waals surface area (Å²) in [5.41, 5.74) is 7.16. The lowest BCUT2D eigenvalue weighted by molar-refractivity contribution is 0.415. The number of methoxy groups -OCH3 is 1. The first-order valence-electron chi connectivity index (χ1n) is 6.04. The number of nitrogen functional groups attached to an aromatic ring is 1. The monoisotopic (exact) mass is 282 g/mol. The maximum absolute atomic E-state index is 12.5. The van der Waals surface area contributed by atoms with E-state index in [1.807, 2.05) is 6.92 Å². The number of sulfonamides is 1. The molecule has 104 valence electrons. The maximum atomic E-state index is 12.5. The van der Waals surface area contributed by atoms with Crippen LogP contribution < -0.4 is 10.5 Å². The summed E-state index contributed by atoms with van der Waals surface area (Å²) in [6, 6.07) is 4.55. The molecule has 1 aliphatic heterocycles. The van der Waals surface area contributed by atoms with Gasteiger partial charge in [0.05, 0.1) is 17.7 Å². The van der Waals surface area contributed by atoms with Crippen LogP contribution in [0.4, 0.5) is 5.69 Å². The average Bonchev–Trinajstić information content (AvgIpc) is 2.38. The van der Waals surface area contributed by atoms with Crippen LogP contribution in [-0.2, 0) is 10.0 Å². The van der Waals surface area contributed by atoms with E-state index in [2.05, 4.69) is 6.08 Å². The van der Waals surface area contributed by atoms with Gasteiger partial charge in [-0.2, -0.15) is 4.31 Å². The molecule has 0 bridgehead atoms. The zero-order valence-electron chi connectivity index (χ0n) is 11.1. The Morgan fingerprint density at radius 3 is 2.68 bits per heavy atom. The van der Waals surface area contributed by atoms with Crippen molar-refractivity contribution in [2.75, 3.05) is 25.9 Å². The van der Waals surface area contributed by atoms with Crippen molar-refractivity contribution in [3.05, 3.63) is 29.8 Å². The summed E-state index contributed by atoms with van der Waals surface area (Å²) < 4.78 is 31.5. The van der Waals surface area contributed by atoms with E-state index in [1.165, 1.54) is 23.5 Å². The molecule has 2 rings (SSSR count). The number of nitrogens with two attached hydrogens (primary N) is 1. The summed E-state index contributed by atoms with van der Waals surface area (Å²) in [5.74, 6) is 0.480. The Balaban J connectivity index is 2.34. The normalized spacial score (nSPS) is 17.1. The molecule has 1 heterocycles. The van der Waals surface area contributed by atoms with E-state index in [0.29, 0.717) is 24.5 Å². The van der Waals surface area contributed by atoms with Crippen LogP contribution in [0.3, 0.4) is 0 Å². The molecule has 0 spiro atoms. The molecule has 0 radical (unpaired) electrons. The minimum atomic E-state index is -3.49. The summed E-state index contributed by atoms with van der Waals surface area (Å²) in [5, 5.41) is 0. The first-order chi connectivity index (χ1) is 8.95. The molecule has 0 atom stereocenters. The number of hydrogen-bond donors (Lipinski definition) is 1. The molecule has 1 aromatic carbocycles. The summed E-state index contributed by atoms with van der Waals surface area (Å²) in [7, 11) is -1.99. The Morgan fingerprint density at radius 1 is 1.37 bits per heavy atom. The first-order valence-corrected chi connectivity index (χ1v) is 7.48. The molecule has 0 unspecified atom stereocenters. The fourth-order valence-electron chi connectivity index (χ4n) is 2.10. The second kappa shape index (κ2) is 5.22. The van der Waals surface area contributed by atoms with Gasteiger partial charge in [0.2, 0.25) is 10.0 Å². The number of rotatable bonds is 3. The maximum Gasteiger partial charge on any atom is 0.243 e. The number of anilines is 1. The third-order valence-electron chi connectivity index (χ3n) is 3.14. The highest BCUT2D eigenvalue weighted by Gasteiger charge is 2.26. The van der Waals surface area contributed by atoms with Crippen molar-refractivity contribution in [3.8, 4) is 5.75 Å². The van der Waals surface area contributed by atoms with E-state index in [-0.39, 0.29) is 4.90 Å². The molecular formula is C13H18N2O3S. The minimum absolute atomic E-state index is 0.209. The molecular weight excluding hydrogens is 264 g/mol. The van der Waals surface area contributed by atoms with Crippen LogP contribution in [0.1, 0.15) is 13.3 Å². The van der Waals surface area contributed by atoms with Gasteiger partial charge in [-0.3, -0.25) is 0 Å². The molecule has 0 saturated heterocycles. The van der Waals surface area contributed by atoms with Gasteiger partial charge >= 0.3 is 0 Å². The number of ether oxygens (including phenoxy) is 1. The quantitative estimate of drug-likeness (QED) is 0.675. The van der Waals surface area contributed by atoms with Gasteiger partial charge < -0.3 is 10.5 Å². The zero-order chi connectivity index (χ0) is 14.0. The van der Waals surface area contributed by atoms with Gasteiger partial charge in [-0.15, -0.1) is 0 Å². The van der Waals surface area contributed by atoms with Crippen LogP contribution >= 0.6 is 0 Å². The SMILES string of the molecule is COc1ccc(S(=O)(=O)N2CCC=C(C)C2)cc1N. The lowest BCUT2D eigenvalue weighted by atomic mass is 10.2. The van der Waals surface area contributed by atoms with Gasteiger partial charge in [0.25, 0.3) is 0 Å².